The molecule has 6 rings (SSSR count). The maximum absolute atomic E-state index is 13.3. The van der Waals surface area contributed by atoms with Crippen molar-refractivity contribution in [3.8, 4) is 11.3 Å². The van der Waals surface area contributed by atoms with E-state index in [2.05, 4.69) is 20.3 Å². The Labute approximate surface area is 165 Å². The van der Waals surface area contributed by atoms with Gasteiger partial charge in [0.15, 0.2) is 17.1 Å². The lowest BCUT2D eigenvalue weighted by Gasteiger charge is -2.35. The number of aromatic nitrogens is 6. The van der Waals surface area contributed by atoms with Crippen LogP contribution in [0.2, 0.25) is 0 Å². The van der Waals surface area contributed by atoms with Gasteiger partial charge >= 0.3 is 0 Å². The van der Waals surface area contributed by atoms with Crippen LogP contribution in [0.25, 0.3) is 17.0 Å². The van der Waals surface area contributed by atoms with Crippen molar-refractivity contribution < 1.29 is 9.32 Å². The second kappa shape index (κ2) is 5.76. The molecule has 4 aromatic rings. The van der Waals surface area contributed by atoms with Crippen molar-refractivity contribution in [2.24, 2.45) is 7.05 Å². The Kier molecular flexibility index (Phi) is 3.27. The van der Waals surface area contributed by atoms with Crippen LogP contribution in [-0.4, -0.2) is 46.4 Å². The number of hydrogen-bond acceptors (Lipinski definition) is 6. The van der Waals surface area contributed by atoms with Gasteiger partial charge in [-0.2, -0.15) is 10.2 Å². The molecule has 0 aliphatic carbocycles. The van der Waals surface area contributed by atoms with Gasteiger partial charge in [-0.15, -0.1) is 0 Å². The minimum absolute atomic E-state index is 0.00352. The Bertz CT molecular complexity index is 1270. The highest BCUT2D eigenvalue weighted by Crippen LogP contribution is 2.44. The third kappa shape index (κ3) is 2.36. The predicted octanol–water partition coefficient (Wildman–Crippen LogP) is 2.33. The third-order valence-electron chi connectivity index (χ3n) is 5.98. The Morgan fingerprint density at radius 3 is 2.97 bits per heavy atom. The van der Waals surface area contributed by atoms with Crippen molar-refractivity contribution in [3.05, 3.63) is 53.4 Å². The summed E-state index contributed by atoms with van der Waals surface area (Å²) < 4.78 is 9.04. The molecule has 4 aromatic heterocycles. The van der Waals surface area contributed by atoms with E-state index in [4.69, 9.17) is 4.52 Å². The summed E-state index contributed by atoms with van der Waals surface area (Å²) in [7, 11) is 1.83. The van der Waals surface area contributed by atoms with Crippen LogP contribution in [0.3, 0.4) is 0 Å². The molecule has 2 unspecified atom stereocenters. The summed E-state index contributed by atoms with van der Waals surface area (Å²) in [4.78, 5) is 19.8. The van der Waals surface area contributed by atoms with Crippen LogP contribution in [0, 0.1) is 6.92 Å². The molecular formula is C20H19N7O2. The molecule has 1 saturated heterocycles. The minimum atomic E-state index is -0.0983. The molecule has 9 nitrogen and oxygen atoms in total. The molecule has 2 atom stereocenters. The fourth-order valence-electron chi connectivity index (χ4n) is 4.70. The zero-order valence-electron chi connectivity index (χ0n) is 16.1. The molecule has 0 saturated carbocycles. The summed E-state index contributed by atoms with van der Waals surface area (Å²) >= 11 is 0. The molecule has 2 aliphatic heterocycles. The maximum atomic E-state index is 13.3. The van der Waals surface area contributed by atoms with Crippen molar-refractivity contribution in [2.75, 3.05) is 0 Å². The fourth-order valence-corrected chi connectivity index (χ4v) is 4.70. The molecule has 29 heavy (non-hydrogen) atoms. The lowest BCUT2D eigenvalue weighted by Crippen LogP contribution is -2.42. The first-order valence-corrected chi connectivity index (χ1v) is 9.71. The van der Waals surface area contributed by atoms with Crippen LogP contribution >= 0.6 is 0 Å². The number of fused-ring (bicyclic) bond motifs is 6. The first-order chi connectivity index (χ1) is 14.1. The van der Waals surface area contributed by atoms with Crippen molar-refractivity contribution >= 4 is 11.6 Å². The average Bonchev–Trinajstić information content (AvgIpc) is 3.46. The van der Waals surface area contributed by atoms with Gasteiger partial charge in [-0.1, -0.05) is 5.16 Å². The van der Waals surface area contributed by atoms with Gasteiger partial charge in [0.25, 0.3) is 5.91 Å². The summed E-state index contributed by atoms with van der Waals surface area (Å²) in [5.74, 6) is 0.445. The summed E-state index contributed by atoms with van der Waals surface area (Å²) in [6.45, 7) is 1.97. The molecule has 0 radical (unpaired) electrons. The van der Waals surface area contributed by atoms with Crippen LogP contribution in [0.1, 0.15) is 46.3 Å². The van der Waals surface area contributed by atoms with Gasteiger partial charge in [0.1, 0.15) is 0 Å². The lowest BCUT2D eigenvalue weighted by molar-refractivity contribution is 0.0632. The highest BCUT2D eigenvalue weighted by molar-refractivity contribution is 5.94. The first-order valence-electron chi connectivity index (χ1n) is 9.71. The highest BCUT2D eigenvalue weighted by atomic mass is 16.5. The molecule has 0 spiro atoms. The average molecular weight is 389 g/mol. The van der Waals surface area contributed by atoms with E-state index < -0.39 is 0 Å². The Hall–Kier alpha value is -3.49. The quantitative estimate of drug-likeness (QED) is 0.522. The first kappa shape index (κ1) is 16.5. The van der Waals surface area contributed by atoms with Gasteiger partial charge in [0.05, 0.1) is 29.2 Å². The van der Waals surface area contributed by atoms with Crippen LogP contribution in [0.15, 0.2) is 35.2 Å². The Balaban J connectivity index is 1.36. The molecule has 9 heteroatoms. The smallest absolute Gasteiger partial charge is 0.276 e. The molecule has 0 N–H and O–H groups in total. The number of nitrogens with zero attached hydrogens (tertiary/aromatic N) is 7. The van der Waals surface area contributed by atoms with E-state index in [1.54, 1.807) is 16.9 Å². The summed E-state index contributed by atoms with van der Waals surface area (Å²) in [6, 6.07) is 3.81. The molecule has 146 valence electrons. The Morgan fingerprint density at radius 1 is 1.24 bits per heavy atom. The number of carbonyl (C=O) groups is 1. The largest absolute Gasteiger partial charge is 0.355 e. The predicted molar refractivity (Wildman–Crippen MR) is 102 cm³/mol. The molecule has 2 aliphatic rings. The Morgan fingerprint density at radius 2 is 2.14 bits per heavy atom. The summed E-state index contributed by atoms with van der Waals surface area (Å²) in [6.07, 6.45) is 8.08. The number of hydrogen-bond donors (Lipinski definition) is 0. The maximum Gasteiger partial charge on any atom is 0.276 e. The molecule has 6 heterocycles. The standard InChI is InChI=1S/C20H19N7O2/c1-11-5-19-21-9-14-16-4-3-13(6-17(14)27(19)23-11)26(16)20(28)15-7-18(29-24-15)12-8-22-25(2)10-12/h5,7-10,13,16H,3-4,6H2,1-2H3. The van der Waals surface area contributed by atoms with Gasteiger partial charge < -0.3 is 9.42 Å². The fraction of sp³-hybridized carbons (Fsp3) is 0.350. The minimum Gasteiger partial charge on any atom is -0.355 e. The molecule has 1 fully saturated rings. The number of carbonyl (C=O) groups excluding carboxylic acids is 1. The van der Waals surface area contributed by atoms with Gasteiger partial charge in [-0.05, 0) is 19.8 Å². The van der Waals surface area contributed by atoms with Crippen molar-refractivity contribution in [3.63, 3.8) is 0 Å². The van der Waals surface area contributed by atoms with Gasteiger partial charge in [-0.25, -0.2) is 9.50 Å². The van der Waals surface area contributed by atoms with Crippen molar-refractivity contribution in [1.82, 2.24) is 34.4 Å². The van der Waals surface area contributed by atoms with Gasteiger partial charge in [0, 0.05) is 49.6 Å². The molecule has 0 aromatic carbocycles. The van der Waals surface area contributed by atoms with Crippen LogP contribution in [0.4, 0.5) is 0 Å². The van der Waals surface area contributed by atoms with E-state index in [-0.39, 0.29) is 18.0 Å². The SMILES string of the molecule is Cc1cc2ncc3c(n2n1)CC1CCC3N1C(=O)c1cc(-c2cnn(C)c2)on1. The van der Waals surface area contributed by atoms with Crippen LogP contribution in [-0.2, 0) is 13.5 Å². The summed E-state index contributed by atoms with van der Waals surface area (Å²) in [5, 5.41) is 12.8. The van der Waals surface area contributed by atoms with E-state index in [1.165, 1.54) is 0 Å². The van der Waals surface area contributed by atoms with E-state index >= 15 is 0 Å². The summed E-state index contributed by atoms with van der Waals surface area (Å²) in [5.41, 5.74) is 5.18. The van der Waals surface area contributed by atoms with E-state index in [0.717, 1.165) is 47.4 Å². The van der Waals surface area contributed by atoms with Crippen LogP contribution < -0.4 is 0 Å². The lowest BCUT2D eigenvalue weighted by atomic mass is 9.98. The van der Waals surface area contributed by atoms with Crippen molar-refractivity contribution in [1.29, 1.82) is 0 Å². The number of aryl methyl sites for hydroxylation is 2. The third-order valence-corrected chi connectivity index (χ3v) is 5.98. The normalized spacial score (nSPS) is 20.4. The van der Waals surface area contributed by atoms with E-state index in [0.29, 0.717) is 11.5 Å². The molecule has 1 amide bonds. The topological polar surface area (TPSA) is 94.3 Å². The highest BCUT2D eigenvalue weighted by Gasteiger charge is 2.44. The van der Waals surface area contributed by atoms with Crippen LogP contribution in [0.5, 0.6) is 0 Å². The number of rotatable bonds is 2. The van der Waals surface area contributed by atoms with E-state index in [9.17, 15) is 4.79 Å². The van der Waals surface area contributed by atoms with Gasteiger partial charge in [-0.3, -0.25) is 9.48 Å². The van der Waals surface area contributed by atoms with Crippen molar-refractivity contribution in [2.45, 2.75) is 38.3 Å². The monoisotopic (exact) mass is 389 g/mol. The van der Waals surface area contributed by atoms with E-state index in [1.807, 2.05) is 41.8 Å². The zero-order valence-corrected chi connectivity index (χ0v) is 16.1. The molecule has 2 bridgehead atoms. The second-order valence-corrected chi connectivity index (χ2v) is 7.86. The van der Waals surface area contributed by atoms with Gasteiger partial charge in [0.2, 0.25) is 0 Å². The number of amides is 1. The zero-order chi connectivity index (χ0) is 19.7. The molecular weight excluding hydrogens is 370 g/mol. The second-order valence-electron chi connectivity index (χ2n) is 7.86.